The standard InChI is InChI=1S/C27H28ClN3O2/c1-18(2)21-10-8-19(9-11-21)14-26(32)31-12-4-7-24-25(31)15-22(17-29-24)27(33)30-16-20-5-3-6-23(28)13-20/h3,5-6,8-11,13,15,17-18H,4,7,12,14,16H2,1-2H3,(H,30,33). The summed E-state index contributed by atoms with van der Waals surface area (Å²) in [6.07, 6.45) is 3.57. The molecule has 0 fully saturated rings. The number of hydrogen-bond acceptors (Lipinski definition) is 3. The topological polar surface area (TPSA) is 62.3 Å². The Morgan fingerprint density at radius 3 is 2.61 bits per heavy atom. The summed E-state index contributed by atoms with van der Waals surface area (Å²) in [6, 6.07) is 17.4. The third kappa shape index (κ3) is 5.60. The van der Waals surface area contributed by atoms with Crippen molar-refractivity contribution in [1.82, 2.24) is 10.3 Å². The normalized spacial score (nSPS) is 13.0. The van der Waals surface area contributed by atoms with E-state index in [0.717, 1.165) is 35.3 Å². The van der Waals surface area contributed by atoms with Crippen molar-refractivity contribution in [2.75, 3.05) is 11.4 Å². The van der Waals surface area contributed by atoms with Crippen LogP contribution in [0.5, 0.6) is 0 Å². The number of aromatic nitrogens is 1. The first-order valence-corrected chi connectivity index (χ1v) is 11.7. The lowest BCUT2D eigenvalue weighted by atomic mass is 10.00. The molecule has 1 aliphatic heterocycles. The maximum Gasteiger partial charge on any atom is 0.253 e. The van der Waals surface area contributed by atoms with Gasteiger partial charge in [-0.2, -0.15) is 0 Å². The SMILES string of the molecule is CC(C)c1ccc(CC(=O)N2CCCc3ncc(C(=O)NCc4cccc(Cl)c4)cc32)cc1. The van der Waals surface area contributed by atoms with Crippen LogP contribution in [-0.2, 0) is 24.2 Å². The molecule has 0 unspecified atom stereocenters. The van der Waals surface area contributed by atoms with Gasteiger partial charge < -0.3 is 10.2 Å². The second-order valence-electron chi connectivity index (χ2n) is 8.72. The van der Waals surface area contributed by atoms with Gasteiger partial charge in [-0.3, -0.25) is 14.6 Å². The largest absolute Gasteiger partial charge is 0.348 e. The molecule has 170 valence electrons. The molecular formula is C27H28ClN3O2. The van der Waals surface area contributed by atoms with Gasteiger partial charge in [0.2, 0.25) is 5.91 Å². The predicted molar refractivity (Wildman–Crippen MR) is 132 cm³/mol. The summed E-state index contributed by atoms with van der Waals surface area (Å²) in [6.45, 7) is 5.30. The number of fused-ring (bicyclic) bond motifs is 1. The zero-order chi connectivity index (χ0) is 23.4. The Bertz CT molecular complexity index is 1160. The Balaban J connectivity index is 1.47. The maximum absolute atomic E-state index is 13.2. The molecule has 2 amide bonds. The molecule has 2 heterocycles. The summed E-state index contributed by atoms with van der Waals surface area (Å²) in [5.41, 5.74) is 5.20. The number of aryl methyl sites for hydroxylation is 1. The number of rotatable bonds is 6. The number of hydrogen-bond donors (Lipinski definition) is 1. The Labute approximate surface area is 199 Å². The second kappa shape index (κ2) is 10.2. The average Bonchev–Trinajstić information content (AvgIpc) is 2.82. The highest BCUT2D eigenvalue weighted by molar-refractivity contribution is 6.30. The first kappa shape index (κ1) is 23.0. The van der Waals surface area contributed by atoms with Gasteiger partial charge in [0.1, 0.15) is 0 Å². The highest BCUT2D eigenvalue weighted by Crippen LogP contribution is 2.27. The van der Waals surface area contributed by atoms with Crippen molar-refractivity contribution in [1.29, 1.82) is 0 Å². The number of benzene rings is 2. The van der Waals surface area contributed by atoms with Crippen LogP contribution in [0.3, 0.4) is 0 Å². The van der Waals surface area contributed by atoms with Crippen molar-refractivity contribution < 1.29 is 9.59 Å². The van der Waals surface area contributed by atoms with Crippen LogP contribution in [0.2, 0.25) is 5.02 Å². The van der Waals surface area contributed by atoms with E-state index in [-0.39, 0.29) is 11.8 Å². The Morgan fingerprint density at radius 2 is 1.88 bits per heavy atom. The van der Waals surface area contributed by atoms with Crippen molar-refractivity contribution in [3.63, 3.8) is 0 Å². The predicted octanol–water partition coefficient (Wildman–Crippen LogP) is 5.31. The number of halogens is 1. The van der Waals surface area contributed by atoms with Crippen molar-refractivity contribution in [3.8, 4) is 0 Å². The van der Waals surface area contributed by atoms with Crippen molar-refractivity contribution in [3.05, 3.63) is 93.8 Å². The molecule has 0 spiro atoms. The summed E-state index contributed by atoms with van der Waals surface area (Å²) in [7, 11) is 0. The molecule has 0 atom stereocenters. The number of carbonyl (C=O) groups excluding carboxylic acids is 2. The minimum Gasteiger partial charge on any atom is -0.348 e. The van der Waals surface area contributed by atoms with Gasteiger partial charge in [0.25, 0.3) is 5.91 Å². The molecule has 0 saturated carbocycles. The van der Waals surface area contributed by atoms with E-state index in [4.69, 9.17) is 11.6 Å². The second-order valence-corrected chi connectivity index (χ2v) is 9.16. The number of nitrogens with zero attached hydrogens (tertiary/aromatic N) is 2. The third-order valence-electron chi connectivity index (χ3n) is 5.94. The van der Waals surface area contributed by atoms with Crippen molar-refractivity contribution in [2.24, 2.45) is 0 Å². The van der Waals surface area contributed by atoms with Gasteiger partial charge in [-0.15, -0.1) is 0 Å². The zero-order valence-electron chi connectivity index (χ0n) is 19.0. The first-order valence-electron chi connectivity index (χ1n) is 11.3. The summed E-state index contributed by atoms with van der Waals surface area (Å²) < 4.78 is 0. The summed E-state index contributed by atoms with van der Waals surface area (Å²) >= 11 is 6.02. The van der Waals surface area contributed by atoms with Crippen molar-refractivity contribution >= 4 is 29.1 Å². The molecule has 0 bridgehead atoms. The molecule has 0 saturated heterocycles. The van der Waals surface area contributed by atoms with Gasteiger partial charge in [0.15, 0.2) is 0 Å². The number of pyridine rings is 1. The molecule has 3 aromatic rings. The summed E-state index contributed by atoms with van der Waals surface area (Å²) in [5, 5.41) is 3.54. The fourth-order valence-electron chi connectivity index (χ4n) is 4.04. The Kier molecular flexibility index (Phi) is 7.09. The van der Waals surface area contributed by atoms with Crippen LogP contribution in [-0.4, -0.2) is 23.3 Å². The molecule has 33 heavy (non-hydrogen) atoms. The van der Waals surface area contributed by atoms with E-state index in [1.807, 2.05) is 30.3 Å². The minimum atomic E-state index is -0.229. The molecular weight excluding hydrogens is 434 g/mol. The van der Waals surface area contributed by atoms with Gasteiger partial charge >= 0.3 is 0 Å². The maximum atomic E-state index is 13.2. The van der Waals surface area contributed by atoms with E-state index >= 15 is 0 Å². The Hall–Kier alpha value is -3.18. The molecule has 2 aromatic carbocycles. The fourth-order valence-corrected chi connectivity index (χ4v) is 4.25. The molecule has 6 heteroatoms. The Morgan fingerprint density at radius 1 is 1.09 bits per heavy atom. The van der Waals surface area contributed by atoms with Gasteiger partial charge in [-0.1, -0.05) is 61.8 Å². The molecule has 1 N–H and O–H groups in total. The lowest BCUT2D eigenvalue weighted by molar-refractivity contribution is -0.118. The van der Waals surface area contributed by atoms with E-state index in [9.17, 15) is 9.59 Å². The molecule has 1 aromatic heterocycles. The monoisotopic (exact) mass is 461 g/mol. The molecule has 0 aliphatic carbocycles. The van der Waals surface area contributed by atoms with Crippen LogP contribution in [0.15, 0.2) is 60.8 Å². The molecule has 1 aliphatic rings. The molecule has 5 nitrogen and oxygen atoms in total. The van der Waals surface area contributed by atoms with Crippen molar-refractivity contribution in [2.45, 2.75) is 45.6 Å². The zero-order valence-corrected chi connectivity index (χ0v) is 19.7. The van der Waals surface area contributed by atoms with Gasteiger partial charge in [-0.25, -0.2) is 0 Å². The van der Waals surface area contributed by atoms with E-state index in [1.54, 1.807) is 23.2 Å². The third-order valence-corrected chi connectivity index (χ3v) is 6.18. The van der Waals surface area contributed by atoms with E-state index in [1.165, 1.54) is 5.56 Å². The first-order chi connectivity index (χ1) is 15.9. The average molecular weight is 462 g/mol. The molecule has 4 rings (SSSR count). The molecule has 0 radical (unpaired) electrons. The van der Waals surface area contributed by atoms with Crippen LogP contribution in [0.25, 0.3) is 0 Å². The van der Waals surface area contributed by atoms with E-state index in [2.05, 4.69) is 36.3 Å². The highest BCUT2D eigenvalue weighted by atomic mass is 35.5. The summed E-state index contributed by atoms with van der Waals surface area (Å²) in [5.74, 6) is 0.247. The van der Waals surface area contributed by atoms with Crippen LogP contribution in [0.4, 0.5) is 5.69 Å². The van der Waals surface area contributed by atoms with Crippen LogP contribution >= 0.6 is 11.6 Å². The van der Waals surface area contributed by atoms with E-state index < -0.39 is 0 Å². The lowest BCUT2D eigenvalue weighted by Gasteiger charge is -2.29. The number of amides is 2. The fraction of sp³-hybridized carbons (Fsp3) is 0.296. The highest BCUT2D eigenvalue weighted by Gasteiger charge is 2.25. The van der Waals surface area contributed by atoms with Crippen LogP contribution in [0, 0.1) is 0 Å². The quantitative estimate of drug-likeness (QED) is 0.541. The van der Waals surface area contributed by atoms with Gasteiger partial charge in [-0.05, 0) is 53.6 Å². The minimum absolute atomic E-state index is 0.0199. The van der Waals surface area contributed by atoms with Gasteiger partial charge in [0, 0.05) is 24.3 Å². The number of carbonyl (C=O) groups is 2. The van der Waals surface area contributed by atoms with Crippen LogP contribution < -0.4 is 10.2 Å². The van der Waals surface area contributed by atoms with Crippen LogP contribution in [0.1, 0.15) is 58.9 Å². The smallest absolute Gasteiger partial charge is 0.253 e. The van der Waals surface area contributed by atoms with Gasteiger partial charge in [0.05, 0.1) is 23.4 Å². The lowest BCUT2D eigenvalue weighted by Crippen LogP contribution is -2.37. The number of anilines is 1. The summed E-state index contributed by atoms with van der Waals surface area (Å²) in [4.78, 5) is 32.2. The van der Waals surface area contributed by atoms with E-state index in [0.29, 0.717) is 36.0 Å². The number of nitrogens with one attached hydrogen (secondary N) is 1.